The van der Waals surface area contributed by atoms with E-state index in [-0.39, 0.29) is 12.5 Å². The first-order chi connectivity index (χ1) is 9.51. The first-order valence-corrected chi connectivity index (χ1v) is 6.86. The Labute approximate surface area is 122 Å². The van der Waals surface area contributed by atoms with Crippen molar-refractivity contribution in [3.63, 3.8) is 0 Å². The molecule has 0 aliphatic rings. The molecule has 0 aliphatic heterocycles. The van der Waals surface area contributed by atoms with Crippen LogP contribution in [0.2, 0.25) is 5.02 Å². The molecule has 108 valence electrons. The Hall–Kier alpha value is -1.82. The first-order valence-electron chi connectivity index (χ1n) is 6.48. The maximum Gasteiger partial charge on any atom is 0.242 e. The Bertz CT molecular complexity index is 616. The Morgan fingerprint density at radius 2 is 2.20 bits per heavy atom. The van der Waals surface area contributed by atoms with Gasteiger partial charge in [-0.3, -0.25) is 14.2 Å². The number of halogens is 1. The highest BCUT2D eigenvalue weighted by molar-refractivity contribution is 6.31. The molecule has 1 amide bonds. The summed E-state index contributed by atoms with van der Waals surface area (Å²) in [6, 6.07) is 0. The number of hydrogen-bond donors (Lipinski definition) is 1. The molecule has 1 N–H and O–H groups in total. The molecule has 0 saturated heterocycles. The molecule has 0 aliphatic carbocycles. The SMILES string of the molecule is CCn1cc(CNC(=O)Cn2ncc(Cl)c2C)c(C)n1. The predicted octanol–water partition coefficient (Wildman–Crippen LogP) is 1.69. The fourth-order valence-corrected chi connectivity index (χ4v) is 2.00. The molecule has 2 heterocycles. The van der Waals surface area contributed by atoms with Crippen molar-refractivity contribution in [3.05, 3.63) is 34.4 Å². The second kappa shape index (κ2) is 6.09. The van der Waals surface area contributed by atoms with E-state index in [0.29, 0.717) is 11.6 Å². The maximum absolute atomic E-state index is 11.9. The topological polar surface area (TPSA) is 64.7 Å². The van der Waals surface area contributed by atoms with Crippen LogP contribution >= 0.6 is 11.6 Å². The fraction of sp³-hybridized carbons (Fsp3) is 0.462. The lowest BCUT2D eigenvalue weighted by molar-refractivity contribution is -0.122. The minimum atomic E-state index is -0.100. The summed E-state index contributed by atoms with van der Waals surface area (Å²) in [6.45, 7) is 7.25. The summed E-state index contributed by atoms with van der Waals surface area (Å²) in [5.74, 6) is -0.100. The summed E-state index contributed by atoms with van der Waals surface area (Å²) in [5.41, 5.74) is 2.75. The van der Waals surface area contributed by atoms with E-state index in [4.69, 9.17) is 11.6 Å². The molecule has 0 atom stereocenters. The third-order valence-electron chi connectivity index (χ3n) is 3.18. The van der Waals surface area contributed by atoms with E-state index in [0.717, 1.165) is 23.5 Å². The zero-order valence-corrected chi connectivity index (χ0v) is 12.6. The summed E-state index contributed by atoms with van der Waals surface area (Å²) >= 11 is 5.90. The standard InChI is InChI=1S/C13H18ClN5O/c1-4-18-7-11(9(2)17-18)5-15-13(20)8-19-10(3)12(14)6-16-19/h6-7H,4-5,8H2,1-3H3,(H,15,20). The largest absolute Gasteiger partial charge is 0.350 e. The number of carbonyl (C=O) groups excluding carboxylic acids is 1. The molecule has 0 spiro atoms. The van der Waals surface area contributed by atoms with Gasteiger partial charge in [-0.25, -0.2) is 0 Å². The van der Waals surface area contributed by atoms with Crippen LogP contribution in [0.3, 0.4) is 0 Å². The molecule has 2 aromatic rings. The van der Waals surface area contributed by atoms with Gasteiger partial charge in [0.1, 0.15) is 6.54 Å². The maximum atomic E-state index is 11.9. The van der Waals surface area contributed by atoms with Gasteiger partial charge in [0.25, 0.3) is 0 Å². The van der Waals surface area contributed by atoms with Crippen LogP contribution in [0.5, 0.6) is 0 Å². The monoisotopic (exact) mass is 295 g/mol. The van der Waals surface area contributed by atoms with Crippen molar-refractivity contribution in [2.24, 2.45) is 0 Å². The smallest absolute Gasteiger partial charge is 0.242 e. The van der Waals surface area contributed by atoms with Crippen LogP contribution in [-0.2, 0) is 24.4 Å². The fourth-order valence-electron chi connectivity index (χ4n) is 1.86. The van der Waals surface area contributed by atoms with Crippen molar-refractivity contribution in [2.45, 2.75) is 40.4 Å². The molecule has 0 unspecified atom stereocenters. The van der Waals surface area contributed by atoms with Crippen LogP contribution in [0.1, 0.15) is 23.9 Å². The highest BCUT2D eigenvalue weighted by Gasteiger charge is 2.10. The highest BCUT2D eigenvalue weighted by Crippen LogP contribution is 2.12. The second-order valence-corrected chi connectivity index (χ2v) is 5.01. The summed E-state index contributed by atoms with van der Waals surface area (Å²) in [5, 5.41) is 11.8. The van der Waals surface area contributed by atoms with E-state index in [2.05, 4.69) is 15.5 Å². The van der Waals surface area contributed by atoms with Crippen LogP contribution < -0.4 is 5.32 Å². The van der Waals surface area contributed by atoms with Gasteiger partial charge in [0.15, 0.2) is 0 Å². The van der Waals surface area contributed by atoms with Gasteiger partial charge >= 0.3 is 0 Å². The lowest BCUT2D eigenvalue weighted by atomic mass is 10.2. The summed E-state index contributed by atoms with van der Waals surface area (Å²) in [6.07, 6.45) is 3.49. The van der Waals surface area contributed by atoms with Crippen molar-refractivity contribution in [1.82, 2.24) is 24.9 Å². The Kier molecular flexibility index (Phi) is 4.44. The second-order valence-electron chi connectivity index (χ2n) is 4.61. The van der Waals surface area contributed by atoms with Gasteiger partial charge in [0, 0.05) is 24.8 Å². The molecular formula is C13H18ClN5O. The average molecular weight is 296 g/mol. The summed E-state index contributed by atoms with van der Waals surface area (Å²) < 4.78 is 3.44. The Balaban J connectivity index is 1.92. The third-order valence-corrected chi connectivity index (χ3v) is 3.56. The van der Waals surface area contributed by atoms with Crippen molar-refractivity contribution < 1.29 is 4.79 Å². The van der Waals surface area contributed by atoms with E-state index in [1.165, 1.54) is 0 Å². The van der Waals surface area contributed by atoms with Gasteiger partial charge in [-0.05, 0) is 20.8 Å². The van der Waals surface area contributed by atoms with Gasteiger partial charge in [-0.15, -0.1) is 0 Å². The minimum absolute atomic E-state index is 0.100. The van der Waals surface area contributed by atoms with Crippen LogP contribution in [0, 0.1) is 13.8 Å². The van der Waals surface area contributed by atoms with Gasteiger partial charge in [0.05, 0.1) is 22.6 Å². The van der Waals surface area contributed by atoms with Crippen molar-refractivity contribution in [2.75, 3.05) is 0 Å². The molecular weight excluding hydrogens is 278 g/mol. The van der Waals surface area contributed by atoms with Gasteiger partial charge in [-0.1, -0.05) is 11.6 Å². The van der Waals surface area contributed by atoms with E-state index < -0.39 is 0 Å². The van der Waals surface area contributed by atoms with Crippen LogP contribution in [0.4, 0.5) is 0 Å². The van der Waals surface area contributed by atoms with Crippen molar-refractivity contribution in [3.8, 4) is 0 Å². The lowest BCUT2D eigenvalue weighted by Gasteiger charge is -2.06. The van der Waals surface area contributed by atoms with Crippen molar-refractivity contribution in [1.29, 1.82) is 0 Å². The zero-order chi connectivity index (χ0) is 14.7. The number of rotatable bonds is 5. The molecule has 0 fully saturated rings. The number of carbonyl (C=O) groups is 1. The quantitative estimate of drug-likeness (QED) is 0.913. The Morgan fingerprint density at radius 3 is 2.75 bits per heavy atom. The number of nitrogens with one attached hydrogen (secondary N) is 1. The van der Waals surface area contributed by atoms with Gasteiger partial charge in [-0.2, -0.15) is 10.2 Å². The first kappa shape index (κ1) is 14.6. The molecule has 0 radical (unpaired) electrons. The third kappa shape index (κ3) is 3.19. The Morgan fingerprint density at radius 1 is 1.45 bits per heavy atom. The minimum Gasteiger partial charge on any atom is -0.350 e. The van der Waals surface area contributed by atoms with Gasteiger partial charge < -0.3 is 5.32 Å². The van der Waals surface area contributed by atoms with Crippen LogP contribution in [0.15, 0.2) is 12.4 Å². The number of hydrogen-bond acceptors (Lipinski definition) is 3. The molecule has 0 bridgehead atoms. The van der Waals surface area contributed by atoms with Crippen LogP contribution in [0.25, 0.3) is 0 Å². The molecule has 0 aromatic carbocycles. The zero-order valence-electron chi connectivity index (χ0n) is 11.9. The number of nitrogens with zero attached hydrogens (tertiary/aromatic N) is 4. The molecule has 2 rings (SSSR count). The van der Waals surface area contributed by atoms with Gasteiger partial charge in [0.2, 0.25) is 5.91 Å². The van der Waals surface area contributed by atoms with Crippen molar-refractivity contribution >= 4 is 17.5 Å². The summed E-state index contributed by atoms with van der Waals surface area (Å²) in [7, 11) is 0. The number of aromatic nitrogens is 4. The molecule has 7 heteroatoms. The molecule has 20 heavy (non-hydrogen) atoms. The van der Waals surface area contributed by atoms with E-state index in [1.807, 2.05) is 31.6 Å². The number of aryl methyl sites for hydroxylation is 2. The normalized spacial score (nSPS) is 10.8. The molecule has 6 nitrogen and oxygen atoms in total. The number of amides is 1. The lowest BCUT2D eigenvalue weighted by Crippen LogP contribution is -2.28. The van der Waals surface area contributed by atoms with E-state index in [1.54, 1.807) is 10.9 Å². The summed E-state index contributed by atoms with van der Waals surface area (Å²) in [4.78, 5) is 11.9. The average Bonchev–Trinajstić information content (AvgIpc) is 2.94. The van der Waals surface area contributed by atoms with E-state index >= 15 is 0 Å². The predicted molar refractivity (Wildman–Crippen MR) is 76.5 cm³/mol. The van der Waals surface area contributed by atoms with E-state index in [9.17, 15) is 4.79 Å². The molecule has 2 aromatic heterocycles. The highest BCUT2D eigenvalue weighted by atomic mass is 35.5. The molecule has 0 saturated carbocycles. The van der Waals surface area contributed by atoms with Crippen LogP contribution in [-0.4, -0.2) is 25.5 Å².